The molecule has 2 aromatic rings. The third kappa shape index (κ3) is 1.79. The van der Waals surface area contributed by atoms with E-state index in [1.165, 1.54) is 18.9 Å². The fraction of sp³-hybridized carbons (Fsp3) is 0.462. The van der Waals surface area contributed by atoms with E-state index in [9.17, 15) is 4.79 Å². The van der Waals surface area contributed by atoms with Crippen molar-refractivity contribution in [3.05, 3.63) is 34.4 Å². The van der Waals surface area contributed by atoms with E-state index < -0.39 is 0 Å². The average Bonchev–Trinajstić information content (AvgIpc) is 3.17. The molecule has 2 aromatic heterocycles. The summed E-state index contributed by atoms with van der Waals surface area (Å²) in [6.45, 7) is 1.77. The number of pyridine rings is 1. The molecule has 1 aliphatic heterocycles. The Morgan fingerprint density at radius 3 is 2.95 bits per heavy atom. The number of fused-ring (bicyclic) bond motifs is 1. The summed E-state index contributed by atoms with van der Waals surface area (Å²) in [5, 5.41) is 12.1. The van der Waals surface area contributed by atoms with E-state index in [0.717, 1.165) is 30.4 Å². The highest BCUT2D eigenvalue weighted by Crippen LogP contribution is 2.41. The van der Waals surface area contributed by atoms with Crippen LogP contribution in [0.5, 0.6) is 0 Å². The molecule has 0 spiro atoms. The fourth-order valence-electron chi connectivity index (χ4n) is 2.77. The number of H-pyrrole nitrogens is 1. The highest BCUT2D eigenvalue weighted by Gasteiger charge is 2.37. The van der Waals surface area contributed by atoms with Gasteiger partial charge in [0, 0.05) is 19.2 Å². The first-order valence-electron chi connectivity index (χ1n) is 6.69. The number of nitrogens with one attached hydrogen (secondary N) is 2. The summed E-state index contributed by atoms with van der Waals surface area (Å²) in [5.41, 5.74) is 0.630. The Balaban J connectivity index is 1.80. The second-order valence-electron chi connectivity index (χ2n) is 5.23. The summed E-state index contributed by atoms with van der Waals surface area (Å²) >= 11 is 0. The minimum absolute atomic E-state index is 0.109. The van der Waals surface area contributed by atoms with Gasteiger partial charge < -0.3 is 14.9 Å². The average molecular weight is 257 g/mol. The summed E-state index contributed by atoms with van der Waals surface area (Å²) in [7, 11) is 0. The number of rotatable bonds is 2. The Bertz CT molecular complexity index is 670. The number of aromatic amines is 1. The van der Waals surface area contributed by atoms with Gasteiger partial charge in [0.15, 0.2) is 11.6 Å². The summed E-state index contributed by atoms with van der Waals surface area (Å²) in [5.74, 6) is 2.47. The Kier molecular flexibility index (Phi) is 2.32. The molecule has 2 aliphatic rings. The molecule has 2 N–H and O–H groups in total. The molecule has 6 heteroatoms. The predicted molar refractivity (Wildman–Crippen MR) is 69.5 cm³/mol. The zero-order valence-electron chi connectivity index (χ0n) is 10.5. The summed E-state index contributed by atoms with van der Waals surface area (Å²) in [6, 6.07) is 5.44. The first-order chi connectivity index (χ1) is 9.33. The van der Waals surface area contributed by atoms with Gasteiger partial charge in [0.2, 0.25) is 5.56 Å². The van der Waals surface area contributed by atoms with Crippen LogP contribution in [-0.4, -0.2) is 26.3 Å². The van der Waals surface area contributed by atoms with Gasteiger partial charge in [-0.05, 0) is 24.8 Å². The van der Waals surface area contributed by atoms with Crippen molar-refractivity contribution in [1.29, 1.82) is 0 Å². The fourth-order valence-corrected chi connectivity index (χ4v) is 2.77. The van der Waals surface area contributed by atoms with Crippen molar-refractivity contribution >= 4 is 0 Å². The van der Waals surface area contributed by atoms with Gasteiger partial charge in [0.25, 0.3) is 0 Å². The maximum absolute atomic E-state index is 11.4. The lowest BCUT2D eigenvalue weighted by Crippen LogP contribution is -2.35. The van der Waals surface area contributed by atoms with Crippen LogP contribution in [0.2, 0.25) is 0 Å². The highest BCUT2D eigenvalue weighted by molar-refractivity contribution is 5.49. The smallest absolute Gasteiger partial charge is 0.248 e. The van der Waals surface area contributed by atoms with Crippen molar-refractivity contribution < 1.29 is 0 Å². The zero-order valence-corrected chi connectivity index (χ0v) is 10.5. The molecule has 0 amide bonds. The van der Waals surface area contributed by atoms with Gasteiger partial charge in [-0.3, -0.25) is 4.79 Å². The second-order valence-corrected chi connectivity index (χ2v) is 5.23. The number of nitrogens with zero attached hydrogens (tertiary/aromatic N) is 3. The van der Waals surface area contributed by atoms with Crippen molar-refractivity contribution in [2.24, 2.45) is 5.92 Å². The lowest BCUT2D eigenvalue weighted by molar-refractivity contribution is 0.383. The van der Waals surface area contributed by atoms with E-state index in [2.05, 4.69) is 25.1 Å². The normalized spacial score (nSPS) is 22.2. The third-order valence-electron chi connectivity index (χ3n) is 3.86. The molecule has 1 atom stereocenters. The van der Waals surface area contributed by atoms with Crippen LogP contribution in [0.15, 0.2) is 23.0 Å². The topological polar surface area (TPSA) is 75.6 Å². The van der Waals surface area contributed by atoms with Crippen molar-refractivity contribution in [3.63, 3.8) is 0 Å². The molecule has 19 heavy (non-hydrogen) atoms. The molecule has 6 nitrogen and oxygen atoms in total. The van der Waals surface area contributed by atoms with Gasteiger partial charge in [-0.15, -0.1) is 10.2 Å². The minimum Gasteiger partial charge on any atom is -0.319 e. The standard InChI is InChI=1S/C13H15N5O/c19-10-3-1-2-9(15-10)12-16-17-13-11(8-4-5-8)14-6-7-18(12)13/h1-3,8,11,14H,4-7H2,(H,15,19). The first-order valence-corrected chi connectivity index (χ1v) is 6.69. The monoisotopic (exact) mass is 257 g/mol. The maximum Gasteiger partial charge on any atom is 0.248 e. The van der Waals surface area contributed by atoms with Crippen LogP contribution < -0.4 is 10.9 Å². The van der Waals surface area contributed by atoms with Crippen LogP contribution >= 0.6 is 0 Å². The molecule has 0 radical (unpaired) electrons. The molecular formula is C13H15N5O. The van der Waals surface area contributed by atoms with E-state index in [0.29, 0.717) is 12.0 Å². The quantitative estimate of drug-likeness (QED) is 0.830. The molecular weight excluding hydrogens is 242 g/mol. The zero-order chi connectivity index (χ0) is 12.8. The predicted octanol–water partition coefficient (Wildman–Crippen LogP) is 0.688. The van der Waals surface area contributed by atoms with Gasteiger partial charge in [0.1, 0.15) is 0 Å². The van der Waals surface area contributed by atoms with E-state index in [-0.39, 0.29) is 5.56 Å². The molecule has 1 saturated carbocycles. The summed E-state index contributed by atoms with van der Waals surface area (Å²) in [4.78, 5) is 14.2. The lowest BCUT2D eigenvalue weighted by atomic mass is 10.1. The van der Waals surface area contributed by atoms with Crippen LogP contribution in [0.3, 0.4) is 0 Å². The van der Waals surface area contributed by atoms with Crippen molar-refractivity contribution in [3.8, 4) is 11.5 Å². The molecule has 0 aromatic carbocycles. The van der Waals surface area contributed by atoms with E-state index >= 15 is 0 Å². The minimum atomic E-state index is -0.109. The van der Waals surface area contributed by atoms with Crippen LogP contribution in [-0.2, 0) is 6.54 Å². The SMILES string of the molecule is O=c1cccc(-c2nnc3n2CCNC3C2CC2)[nH]1. The van der Waals surface area contributed by atoms with Crippen LogP contribution in [0, 0.1) is 5.92 Å². The molecule has 1 fully saturated rings. The van der Waals surface area contributed by atoms with E-state index in [1.807, 2.05) is 6.07 Å². The van der Waals surface area contributed by atoms with Crippen LogP contribution in [0.25, 0.3) is 11.5 Å². The molecule has 1 unspecified atom stereocenters. The van der Waals surface area contributed by atoms with Crippen molar-refractivity contribution in [2.45, 2.75) is 25.4 Å². The molecule has 98 valence electrons. The van der Waals surface area contributed by atoms with Crippen LogP contribution in [0.1, 0.15) is 24.7 Å². The molecule has 0 bridgehead atoms. The molecule has 0 saturated heterocycles. The Morgan fingerprint density at radius 1 is 1.26 bits per heavy atom. The first kappa shape index (κ1) is 10.9. The van der Waals surface area contributed by atoms with Gasteiger partial charge in [0.05, 0.1) is 11.7 Å². The second kappa shape index (κ2) is 4.03. The highest BCUT2D eigenvalue weighted by atomic mass is 16.1. The third-order valence-corrected chi connectivity index (χ3v) is 3.86. The Labute approximate surface area is 109 Å². The molecule has 3 heterocycles. The van der Waals surface area contributed by atoms with Gasteiger partial charge >= 0.3 is 0 Å². The number of aromatic nitrogens is 4. The Morgan fingerprint density at radius 2 is 2.16 bits per heavy atom. The van der Waals surface area contributed by atoms with Crippen LogP contribution in [0.4, 0.5) is 0 Å². The molecule has 4 rings (SSSR count). The van der Waals surface area contributed by atoms with Crippen molar-refractivity contribution in [1.82, 2.24) is 25.1 Å². The largest absolute Gasteiger partial charge is 0.319 e. The van der Waals surface area contributed by atoms with Gasteiger partial charge in [-0.1, -0.05) is 6.07 Å². The van der Waals surface area contributed by atoms with Gasteiger partial charge in [-0.2, -0.15) is 0 Å². The van der Waals surface area contributed by atoms with Gasteiger partial charge in [-0.25, -0.2) is 0 Å². The number of hydrogen-bond acceptors (Lipinski definition) is 4. The number of hydrogen-bond donors (Lipinski definition) is 2. The van der Waals surface area contributed by atoms with E-state index in [4.69, 9.17) is 0 Å². The van der Waals surface area contributed by atoms with E-state index in [1.54, 1.807) is 6.07 Å². The maximum atomic E-state index is 11.4. The summed E-state index contributed by atoms with van der Waals surface area (Å²) in [6.07, 6.45) is 2.53. The van der Waals surface area contributed by atoms with Crippen molar-refractivity contribution in [2.75, 3.05) is 6.54 Å². The summed E-state index contributed by atoms with van der Waals surface area (Å²) < 4.78 is 2.13. The Hall–Kier alpha value is -1.95. The lowest BCUT2D eigenvalue weighted by Gasteiger charge is -2.24. The molecule has 1 aliphatic carbocycles.